The third-order valence-electron chi connectivity index (χ3n) is 4.48. The summed E-state index contributed by atoms with van der Waals surface area (Å²) < 4.78 is 11.7. The SMILES string of the molecule is CCCOCc1c(COCCC)c(C)c2nc(C)c(C)nc2c1C. The highest BCUT2D eigenvalue weighted by Gasteiger charge is 2.18. The van der Waals surface area contributed by atoms with Crippen molar-refractivity contribution in [2.45, 2.75) is 67.6 Å². The van der Waals surface area contributed by atoms with E-state index < -0.39 is 0 Å². The molecule has 0 amide bonds. The minimum absolute atomic E-state index is 0.607. The maximum absolute atomic E-state index is 5.85. The van der Waals surface area contributed by atoms with Crippen molar-refractivity contribution in [2.24, 2.45) is 0 Å². The van der Waals surface area contributed by atoms with Crippen LogP contribution in [-0.4, -0.2) is 23.2 Å². The zero-order chi connectivity index (χ0) is 17.7. The van der Waals surface area contributed by atoms with E-state index in [4.69, 9.17) is 19.4 Å². The molecule has 0 fully saturated rings. The number of hydrogen-bond donors (Lipinski definition) is 0. The van der Waals surface area contributed by atoms with Gasteiger partial charge >= 0.3 is 0 Å². The fraction of sp³-hybridized carbons (Fsp3) is 0.600. The predicted molar refractivity (Wildman–Crippen MR) is 98.4 cm³/mol. The first-order chi connectivity index (χ1) is 11.5. The molecule has 0 saturated heterocycles. The van der Waals surface area contributed by atoms with E-state index in [-0.39, 0.29) is 0 Å². The van der Waals surface area contributed by atoms with Crippen LogP contribution < -0.4 is 0 Å². The monoisotopic (exact) mass is 330 g/mol. The standard InChI is InChI=1S/C20H30N2O2/c1-7-9-23-11-17-13(3)19-20(22-16(6)15(5)21-19)14(4)18(17)12-24-10-8-2/h7-12H2,1-6H3. The first-order valence-electron chi connectivity index (χ1n) is 8.92. The summed E-state index contributed by atoms with van der Waals surface area (Å²) in [4.78, 5) is 9.61. The first kappa shape index (κ1) is 18.8. The summed E-state index contributed by atoms with van der Waals surface area (Å²) in [5.74, 6) is 0. The molecule has 2 aromatic rings. The lowest BCUT2D eigenvalue weighted by Crippen LogP contribution is -2.09. The molecule has 1 aromatic carbocycles. The van der Waals surface area contributed by atoms with Crippen LogP contribution in [0.15, 0.2) is 0 Å². The lowest BCUT2D eigenvalue weighted by molar-refractivity contribution is 0.107. The first-order valence-corrected chi connectivity index (χ1v) is 8.92. The molecular weight excluding hydrogens is 300 g/mol. The van der Waals surface area contributed by atoms with E-state index in [1.807, 2.05) is 13.8 Å². The van der Waals surface area contributed by atoms with Crippen molar-refractivity contribution in [1.82, 2.24) is 9.97 Å². The lowest BCUT2D eigenvalue weighted by Gasteiger charge is -2.19. The Labute approximate surface area is 145 Å². The summed E-state index contributed by atoms with van der Waals surface area (Å²) >= 11 is 0. The van der Waals surface area contributed by atoms with E-state index in [1.54, 1.807) is 0 Å². The van der Waals surface area contributed by atoms with Crippen molar-refractivity contribution in [2.75, 3.05) is 13.2 Å². The minimum Gasteiger partial charge on any atom is -0.377 e. The van der Waals surface area contributed by atoms with Crippen LogP contribution in [0.1, 0.15) is 60.3 Å². The molecule has 0 aliphatic heterocycles. The van der Waals surface area contributed by atoms with Crippen LogP contribution >= 0.6 is 0 Å². The number of aromatic nitrogens is 2. The summed E-state index contributed by atoms with van der Waals surface area (Å²) in [6, 6.07) is 0. The van der Waals surface area contributed by atoms with Gasteiger partial charge in [-0.15, -0.1) is 0 Å². The van der Waals surface area contributed by atoms with Crippen LogP contribution in [0.5, 0.6) is 0 Å². The largest absolute Gasteiger partial charge is 0.377 e. The molecule has 4 nitrogen and oxygen atoms in total. The second-order valence-electron chi connectivity index (χ2n) is 6.40. The number of aryl methyl sites for hydroxylation is 4. The van der Waals surface area contributed by atoms with Crippen molar-refractivity contribution in [3.05, 3.63) is 33.6 Å². The maximum atomic E-state index is 5.85. The summed E-state index contributed by atoms with van der Waals surface area (Å²) in [6.07, 6.45) is 2.04. The highest BCUT2D eigenvalue weighted by Crippen LogP contribution is 2.29. The molecule has 0 aliphatic rings. The van der Waals surface area contributed by atoms with Gasteiger partial charge in [0, 0.05) is 13.2 Å². The Hall–Kier alpha value is -1.52. The molecule has 132 valence electrons. The quantitative estimate of drug-likeness (QED) is 0.657. The van der Waals surface area contributed by atoms with Crippen LogP contribution in [0.2, 0.25) is 0 Å². The second-order valence-corrected chi connectivity index (χ2v) is 6.40. The van der Waals surface area contributed by atoms with Gasteiger partial charge in [-0.3, -0.25) is 0 Å². The molecule has 2 rings (SSSR count). The van der Waals surface area contributed by atoms with Gasteiger partial charge in [0.2, 0.25) is 0 Å². The Balaban J connectivity index is 2.57. The number of hydrogen-bond acceptors (Lipinski definition) is 4. The number of ether oxygens (including phenoxy) is 2. The summed E-state index contributed by atoms with van der Waals surface area (Å²) in [6.45, 7) is 15.3. The van der Waals surface area contributed by atoms with Crippen LogP contribution in [0, 0.1) is 27.7 Å². The Bertz CT molecular complexity index is 650. The molecule has 1 aromatic heterocycles. The fourth-order valence-corrected chi connectivity index (χ4v) is 2.89. The number of fused-ring (bicyclic) bond motifs is 1. The van der Waals surface area contributed by atoms with Gasteiger partial charge in [0.25, 0.3) is 0 Å². The van der Waals surface area contributed by atoms with Crippen LogP contribution in [0.4, 0.5) is 0 Å². The van der Waals surface area contributed by atoms with E-state index in [0.29, 0.717) is 13.2 Å². The molecule has 1 heterocycles. The lowest BCUT2D eigenvalue weighted by atomic mass is 9.95. The van der Waals surface area contributed by atoms with E-state index in [1.165, 1.54) is 11.1 Å². The molecule has 24 heavy (non-hydrogen) atoms. The van der Waals surface area contributed by atoms with Crippen molar-refractivity contribution in [3.8, 4) is 0 Å². The van der Waals surface area contributed by atoms with Gasteiger partial charge in [-0.1, -0.05) is 13.8 Å². The topological polar surface area (TPSA) is 44.2 Å². The normalized spacial score (nSPS) is 11.4. The Morgan fingerprint density at radius 3 is 1.38 bits per heavy atom. The Morgan fingerprint density at radius 1 is 0.667 bits per heavy atom. The average molecular weight is 330 g/mol. The predicted octanol–water partition coefficient (Wildman–Crippen LogP) is 4.72. The highest BCUT2D eigenvalue weighted by atomic mass is 16.5. The molecule has 0 spiro atoms. The van der Waals surface area contributed by atoms with Gasteiger partial charge in [0.05, 0.1) is 35.6 Å². The molecule has 4 heteroatoms. The van der Waals surface area contributed by atoms with E-state index in [9.17, 15) is 0 Å². The number of nitrogens with zero attached hydrogens (tertiary/aromatic N) is 2. The summed E-state index contributed by atoms with van der Waals surface area (Å²) in [5, 5.41) is 0. The van der Waals surface area contributed by atoms with Crippen molar-refractivity contribution >= 4 is 11.0 Å². The van der Waals surface area contributed by atoms with E-state index >= 15 is 0 Å². The second kappa shape index (κ2) is 8.54. The van der Waals surface area contributed by atoms with Crippen molar-refractivity contribution in [3.63, 3.8) is 0 Å². The van der Waals surface area contributed by atoms with Gasteiger partial charge in [-0.05, 0) is 62.8 Å². The molecule has 0 saturated carbocycles. The van der Waals surface area contributed by atoms with Gasteiger partial charge in [-0.25, -0.2) is 9.97 Å². The van der Waals surface area contributed by atoms with Crippen LogP contribution in [0.25, 0.3) is 11.0 Å². The zero-order valence-corrected chi connectivity index (χ0v) is 16.0. The van der Waals surface area contributed by atoms with Gasteiger partial charge in [0.15, 0.2) is 0 Å². The summed E-state index contributed by atoms with van der Waals surface area (Å²) in [5.41, 5.74) is 8.70. The summed E-state index contributed by atoms with van der Waals surface area (Å²) in [7, 11) is 0. The Kier molecular flexibility index (Phi) is 6.69. The van der Waals surface area contributed by atoms with Crippen molar-refractivity contribution < 1.29 is 9.47 Å². The maximum Gasteiger partial charge on any atom is 0.0925 e. The number of rotatable bonds is 8. The van der Waals surface area contributed by atoms with E-state index in [0.717, 1.165) is 59.6 Å². The molecule has 0 bridgehead atoms. The smallest absolute Gasteiger partial charge is 0.0925 e. The molecule has 0 radical (unpaired) electrons. The van der Waals surface area contributed by atoms with Crippen LogP contribution in [0.3, 0.4) is 0 Å². The number of benzene rings is 1. The minimum atomic E-state index is 0.607. The molecule has 0 atom stereocenters. The van der Waals surface area contributed by atoms with Crippen molar-refractivity contribution in [1.29, 1.82) is 0 Å². The average Bonchev–Trinajstić information content (AvgIpc) is 2.56. The van der Waals surface area contributed by atoms with Crippen LogP contribution in [-0.2, 0) is 22.7 Å². The van der Waals surface area contributed by atoms with Gasteiger partial charge in [0.1, 0.15) is 0 Å². The molecule has 0 unspecified atom stereocenters. The Morgan fingerprint density at radius 2 is 1.04 bits per heavy atom. The van der Waals surface area contributed by atoms with Gasteiger partial charge < -0.3 is 9.47 Å². The molecule has 0 N–H and O–H groups in total. The third-order valence-corrected chi connectivity index (χ3v) is 4.48. The van der Waals surface area contributed by atoms with Gasteiger partial charge in [-0.2, -0.15) is 0 Å². The molecule has 0 aliphatic carbocycles. The third kappa shape index (κ3) is 3.93. The highest BCUT2D eigenvalue weighted by molar-refractivity contribution is 5.84. The molecular formula is C20H30N2O2. The van der Waals surface area contributed by atoms with E-state index in [2.05, 4.69) is 27.7 Å². The fourth-order valence-electron chi connectivity index (χ4n) is 2.89. The zero-order valence-electron chi connectivity index (χ0n) is 16.0.